The summed E-state index contributed by atoms with van der Waals surface area (Å²) in [5, 5.41) is 6.46. The van der Waals surface area contributed by atoms with Crippen molar-refractivity contribution >= 4 is 5.91 Å². The fourth-order valence-electron chi connectivity index (χ4n) is 3.09. The number of amides is 1. The second-order valence-corrected chi connectivity index (χ2v) is 6.26. The van der Waals surface area contributed by atoms with E-state index in [1.165, 1.54) is 25.9 Å². The average Bonchev–Trinajstić information content (AvgIpc) is 2.70. The third kappa shape index (κ3) is 5.77. The van der Waals surface area contributed by atoms with E-state index in [1.54, 1.807) is 0 Å². The molecule has 1 amide bonds. The normalized spacial score (nSPS) is 23.4. The summed E-state index contributed by atoms with van der Waals surface area (Å²) in [7, 11) is 2.19. The van der Waals surface area contributed by atoms with Crippen LogP contribution in [0.4, 0.5) is 0 Å². The van der Waals surface area contributed by atoms with Gasteiger partial charge in [0.15, 0.2) is 0 Å². The number of rotatable bonds is 5. The molecule has 0 radical (unpaired) electrons. The van der Waals surface area contributed by atoms with Gasteiger partial charge in [0.1, 0.15) is 0 Å². The number of carbonyl (C=O) groups excluding carboxylic acids is 1. The lowest BCUT2D eigenvalue weighted by molar-refractivity contribution is -0.122. The molecule has 2 saturated heterocycles. The first-order chi connectivity index (χ1) is 9.74. The molecule has 0 aromatic rings. The van der Waals surface area contributed by atoms with Gasteiger partial charge < -0.3 is 15.5 Å². The first-order valence-electron chi connectivity index (χ1n) is 8.12. The summed E-state index contributed by atoms with van der Waals surface area (Å²) in [6.45, 7) is 7.93. The van der Waals surface area contributed by atoms with Crippen LogP contribution in [0.5, 0.6) is 0 Å². The van der Waals surface area contributed by atoms with Gasteiger partial charge in [-0.2, -0.15) is 0 Å². The Morgan fingerprint density at radius 3 is 2.80 bits per heavy atom. The van der Waals surface area contributed by atoms with Crippen molar-refractivity contribution in [2.24, 2.45) is 5.92 Å². The SMILES string of the molecule is CN1CCC(CCNC(=O)CN2CCCNCC2)CC1. The number of nitrogens with one attached hydrogen (secondary N) is 2. The summed E-state index contributed by atoms with van der Waals surface area (Å²) >= 11 is 0. The molecular weight excluding hydrogens is 252 g/mol. The van der Waals surface area contributed by atoms with E-state index in [2.05, 4.69) is 27.5 Å². The summed E-state index contributed by atoms with van der Waals surface area (Å²) in [5.74, 6) is 0.994. The predicted octanol–water partition coefficient (Wildman–Crippen LogP) is 0.130. The Balaban J connectivity index is 1.55. The van der Waals surface area contributed by atoms with Gasteiger partial charge in [0, 0.05) is 19.6 Å². The minimum Gasteiger partial charge on any atom is -0.355 e. The Labute approximate surface area is 123 Å². The van der Waals surface area contributed by atoms with Crippen molar-refractivity contribution in [1.29, 1.82) is 0 Å². The fourth-order valence-corrected chi connectivity index (χ4v) is 3.09. The minimum atomic E-state index is 0.194. The highest BCUT2D eigenvalue weighted by Crippen LogP contribution is 2.18. The maximum Gasteiger partial charge on any atom is 0.234 e. The summed E-state index contributed by atoms with van der Waals surface area (Å²) in [6.07, 6.45) is 4.85. The van der Waals surface area contributed by atoms with Gasteiger partial charge in [-0.05, 0) is 64.8 Å². The van der Waals surface area contributed by atoms with E-state index < -0.39 is 0 Å². The molecule has 20 heavy (non-hydrogen) atoms. The second-order valence-electron chi connectivity index (χ2n) is 6.26. The van der Waals surface area contributed by atoms with Gasteiger partial charge in [-0.25, -0.2) is 0 Å². The molecule has 5 nitrogen and oxygen atoms in total. The van der Waals surface area contributed by atoms with Crippen LogP contribution in [0.1, 0.15) is 25.7 Å². The van der Waals surface area contributed by atoms with E-state index in [0.29, 0.717) is 6.54 Å². The third-order valence-corrected chi connectivity index (χ3v) is 4.51. The largest absolute Gasteiger partial charge is 0.355 e. The second kappa shape index (κ2) is 8.60. The summed E-state index contributed by atoms with van der Waals surface area (Å²) in [4.78, 5) is 16.6. The number of likely N-dealkylation sites (tertiary alicyclic amines) is 1. The molecule has 0 atom stereocenters. The molecule has 0 spiro atoms. The van der Waals surface area contributed by atoms with Gasteiger partial charge in [0.25, 0.3) is 0 Å². The van der Waals surface area contributed by atoms with Crippen molar-refractivity contribution in [3.8, 4) is 0 Å². The van der Waals surface area contributed by atoms with Crippen LogP contribution in [0, 0.1) is 5.92 Å². The smallest absolute Gasteiger partial charge is 0.234 e. The van der Waals surface area contributed by atoms with Crippen LogP contribution in [-0.4, -0.2) is 75.1 Å². The van der Waals surface area contributed by atoms with Crippen molar-refractivity contribution in [2.75, 3.05) is 59.4 Å². The molecule has 116 valence electrons. The lowest BCUT2D eigenvalue weighted by atomic mass is 9.94. The highest BCUT2D eigenvalue weighted by molar-refractivity contribution is 5.77. The number of hydrogen-bond donors (Lipinski definition) is 2. The molecule has 2 aliphatic rings. The van der Waals surface area contributed by atoms with Crippen molar-refractivity contribution < 1.29 is 4.79 Å². The fraction of sp³-hybridized carbons (Fsp3) is 0.933. The molecule has 2 fully saturated rings. The van der Waals surface area contributed by atoms with Crippen LogP contribution < -0.4 is 10.6 Å². The maximum atomic E-state index is 11.9. The quantitative estimate of drug-likeness (QED) is 0.752. The molecule has 0 saturated carbocycles. The van der Waals surface area contributed by atoms with Crippen molar-refractivity contribution in [3.63, 3.8) is 0 Å². The molecule has 0 aromatic carbocycles. The topological polar surface area (TPSA) is 47.6 Å². The molecule has 2 heterocycles. The Morgan fingerprint density at radius 2 is 2.00 bits per heavy atom. The molecule has 2 rings (SSSR count). The predicted molar refractivity (Wildman–Crippen MR) is 81.8 cm³/mol. The van der Waals surface area contributed by atoms with Crippen LogP contribution in [0.15, 0.2) is 0 Å². The summed E-state index contributed by atoms with van der Waals surface area (Å²) < 4.78 is 0. The molecule has 2 N–H and O–H groups in total. The average molecular weight is 282 g/mol. The van der Waals surface area contributed by atoms with Gasteiger partial charge in [0.05, 0.1) is 6.54 Å². The van der Waals surface area contributed by atoms with E-state index in [-0.39, 0.29) is 5.91 Å². The van der Waals surface area contributed by atoms with Gasteiger partial charge in [0.2, 0.25) is 5.91 Å². The zero-order valence-electron chi connectivity index (χ0n) is 12.9. The third-order valence-electron chi connectivity index (χ3n) is 4.51. The van der Waals surface area contributed by atoms with Crippen LogP contribution >= 0.6 is 0 Å². The number of piperidine rings is 1. The highest BCUT2D eigenvalue weighted by atomic mass is 16.2. The Hall–Kier alpha value is -0.650. The zero-order chi connectivity index (χ0) is 14.2. The first-order valence-corrected chi connectivity index (χ1v) is 8.12. The maximum absolute atomic E-state index is 11.9. The highest BCUT2D eigenvalue weighted by Gasteiger charge is 2.17. The number of hydrogen-bond acceptors (Lipinski definition) is 4. The van der Waals surface area contributed by atoms with Crippen LogP contribution in [0.2, 0.25) is 0 Å². The number of nitrogens with zero attached hydrogens (tertiary/aromatic N) is 2. The Bertz CT molecular complexity index is 282. The van der Waals surface area contributed by atoms with E-state index >= 15 is 0 Å². The Morgan fingerprint density at radius 1 is 1.20 bits per heavy atom. The summed E-state index contributed by atoms with van der Waals surface area (Å²) in [6, 6.07) is 0. The van der Waals surface area contributed by atoms with Crippen molar-refractivity contribution in [3.05, 3.63) is 0 Å². The number of carbonyl (C=O) groups is 1. The van der Waals surface area contributed by atoms with Crippen molar-refractivity contribution in [2.45, 2.75) is 25.7 Å². The standard InChI is InChI=1S/C15H30N4O/c1-18-10-4-14(5-11-18)3-7-17-15(20)13-19-9-2-6-16-8-12-19/h14,16H,2-13H2,1H3,(H,17,20). The molecule has 0 aliphatic carbocycles. The molecule has 2 aliphatic heterocycles. The zero-order valence-corrected chi connectivity index (χ0v) is 12.9. The van der Waals surface area contributed by atoms with Crippen LogP contribution in [0.3, 0.4) is 0 Å². The van der Waals surface area contributed by atoms with E-state index in [0.717, 1.165) is 51.5 Å². The van der Waals surface area contributed by atoms with Gasteiger partial charge >= 0.3 is 0 Å². The lowest BCUT2D eigenvalue weighted by Gasteiger charge is -2.29. The van der Waals surface area contributed by atoms with Gasteiger partial charge in [-0.1, -0.05) is 0 Å². The molecular formula is C15H30N4O. The summed E-state index contributed by atoms with van der Waals surface area (Å²) in [5.41, 5.74) is 0. The molecule has 0 unspecified atom stereocenters. The van der Waals surface area contributed by atoms with Gasteiger partial charge in [-0.3, -0.25) is 9.69 Å². The van der Waals surface area contributed by atoms with E-state index in [4.69, 9.17) is 0 Å². The van der Waals surface area contributed by atoms with Crippen LogP contribution in [0.25, 0.3) is 0 Å². The molecule has 5 heteroatoms. The Kier molecular flexibility index (Phi) is 6.76. The van der Waals surface area contributed by atoms with Gasteiger partial charge in [-0.15, -0.1) is 0 Å². The van der Waals surface area contributed by atoms with Crippen LogP contribution in [-0.2, 0) is 4.79 Å². The van der Waals surface area contributed by atoms with E-state index in [1.807, 2.05) is 0 Å². The lowest BCUT2D eigenvalue weighted by Crippen LogP contribution is -2.40. The minimum absolute atomic E-state index is 0.194. The molecule has 0 aromatic heterocycles. The monoisotopic (exact) mass is 282 g/mol. The van der Waals surface area contributed by atoms with E-state index in [9.17, 15) is 4.79 Å². The first kappa shape index (κ1) is 15.7. The molecule has 0 bridgehead atoms. The van der Waals surface area contributed by atoms with Crippen molar-refractivity contribution in [1.82, 2.24) is 20.4 Å².